The molecule has 190 valence electrons. The second kappa shape index (κ2) is 10.5. The Morgan fingerprint density at radius 1 is 0.744 bits per heavy atom. The summed E-state index contributed by atoms with van der Waals surface area (Å²) in [5.41, 5.74) is 4.60. The zero-order valence-corrected chi connectivity index (χ0v) is 21.3. The molecule has 6 rings (SSSR count). The van der Waals surface area contributed by atoms with Crippen molar-refractivity contribution >= 4 is 28.2 Å². The summed E-state index contributed by atoms with van der Waals surface area (Å²) in [5.74, 6) is 2.63. The fraction of sp³-hybridized carbons (Fsp3) is 0.0667. The van der Waals surface area contributed by atoms with Crippen molar-refractivity contribution in [2.75, 3.05) is 17.7 Å². The molecule has 0 saturated carbocycles. The highest BCUT2D eigenvalue weighted by Crippen LogP contribution is 2.33. The number of anilines is 3. The van der Waals surface area contributed by atoms with Crippen molar-refractivity contribution in [2.45, 2.75) is 6.92 Å². The van der Waals surface area contributed by atoms with Crippen LogP contribution in [0.4, 0.5) is 17.5 Å². The van der Waals surface area contributed by atoms with Crippen molar-refractivity contribution in [1.29, 1.82) is 0 Å². The molecule has 0 amide bonds. The molecule has 0 atom stereocenters. The second-order valence-corrected chi connectivity index (χ2v) is 8.80. The Hall–Kier alpha value is -5.44. The molecule has 9 heteroatoms. The molecule has 3 heterocycles. The predicted molar refractivity (Wildman–Crippen MR) is 152 cm³/mol. The van der Waals surface area contributed by atoms with E-state index in [1.165, 1.54) is 11.9 Å². The lowest BCUT2D eigenvalue weighted by Crippen LogP contribution is -2.01. The van der Waals surface area contributed by atoms with Gasteiger partial charge in [0.1, 0.15) is 17.8 Å². The molecule has 0 fully saturated rings. The molecule has 6 aromatic rings. The van der Waals surface area contributed by atoms with Crippen LogP contribution in [-0.2, 0) is 0 Å². The Morgan fingerprint density at radius 2 is 1.54 bits per heavy atom. The molecule has 3 aromatic carbocycles. The lowest BCUT2D eigenvalue weighted by atomic mass is 10.0. The van der Waals surface area contributed by atoms with Gasteiger partial charge in [0.15, 0.2) is 11.6 Å². The van der Waals surface area contributed by atoms with Crippen LogP contribution < -0.4 is 15.4 Å². The molecule has 0 aliphatic heterocycles. The van der Waals surface area contributed by atoms with Crippen molar-refractivity contribution in [3.63, 3.8) is 0 Å². The van der Waals surface area contributed by atoms with Crippen LogP contribution in [0, 0.1) is 6.92 Å². The minimum atomic E-state index is 0.398. The van der Waals surface area contributed by atoms with E-state index in [9.17, 15) is 0 Å². The zero-order chi connectivity index (χ0) is 26.6. The molecular weight excluding hydrogens is 488 g/mol. The highest BCUT2D eigenvalue weighted by molar-refractivity contribution is 6.00. The number of nitrogens with zero attached hydrogens (tertiary/aromatic N) is 6. The van der Waals surface area contributed by atoms with Gasteiger partial charge in [0.2, 0.25) is 11.8 Å². The van der Waals surface area contributed by atoms with E-state index in [1.54, 1.807) is 13.2 Å². The molecule has 0 spiro atoms. The Balaban J connectivity index is 1.25. The molecule has 39 heavy (non-hydrogen) atoms. The van der Waals surface area contributed by atoms with Crippen LogP contribution in [-0.4, -0.2) is 37.2 Å². The van der Waals surface area contributed by atoms with Crippen LogP contribution in [0.2, 0.25) is 0 Å². The number of hydrogen-bond donors (Lipinski definition) is 2. The third-order valence-electron chi connectivity index (χ3n) is 6.15. The predicted octanol–water partition coefficient (Wildman–Crippen LogP) is 6.43. The van der Waals surface area contributed by atoms with Gasteiger partial charge in [-0.2, -0.15) is 4.98 Å². The number of benzene rings is 3. The fourth-order valence-corrected chi connectivity index (χ4v) is 4.16. The van der Waals surface area contributed by atoms with Crippen LogP contribution >= 0.6 is 0 Å². The first-order valence-electron chi connectivity index (χ1n) is 12.4. The molecule has 0 radical (unpaired) electrons. The maximum Gasteiger partial charge on any atom is 0.230 e. The van der Waals surface area contributed by atoms with Gasteiger partial charge >= 0.3 is 0 Å². The Bertz CT molecular complexity index is 1750. The van der Waals surface area contributed by atoms with Gasteiger partial charge in [-0.15, -0.1) is 10.2 Å². The minimum Gasteiger partial charge on any atom is -0.438 e. The first-order valence-corrected chi connectivity index (χ1v) is 12.4. The van der Waals surface area contributed by atoms with Crippen molar-refractivity contribution < 1.29 is 4.74 Å². The molecule has 0 unspecified atom stereocenters. The summed E-state index contributed by atoms with van der Waals surface area (Å²) in [5, 5.41) is 17.4. The van der Waals surface area contributed by atoms with Gasteiger partial charge in [0, 0.05) is 35.3 Å². The van der Waals surface area contributed by atoms with E-state index in [-0.39, 0.29) is 0 Å². The zero-order valence-electron chi connectivity index (χ0n) is 21.3. The number of hydrogen-bond acceptors (Lipinski definition) is 9. The van der Waals surface area contributed by atoms with Gasteiger partial charge in [0.05, 0.1) is 5.56 Å². The molecule has 0 bridgehead atoms. The van der Waals surface area contributed by atoms with Crippen LogP contribution in [0.5, 0.6) is 11.6 Å². The van der Waals surface area contributed by atoms with E-state index in [0.29, 0.717) is 34.8 Å². The van der Waals surface area contributed by atoms with Gasteiger partial charge in [-0.25, -0.2) is 15.0 Å². The van der Waals surface area contributed by atoms with Crippen molar-refractivity contribution in [3.8, 4) is 34.3 Å². The number of aromatic nitrogens is 6. The normalized spacial score (nSPS) is 10.8. The highest BCUT2D eigenvalue weighted by atomic mass is 16.5. The fourth-order valence-electron chi connectivity index (χ4n) is 4.16. The van der Waals surface area contributed by atoms with E-state index >= 15 is 0 Å². The lowest BCUT2D eigenvalue weighted by Gasteiger charge is -2.12. The van der Waals surface area contributed by atoms with Crippen molar-refractivity contribution in [2.24, 2.45) is 0 Å². The summed E-state index contributed by atoms with van der Waals surface area (Å²) >= 11 is 0. The lowest BCUT2D eigenvalue weighted by molar-refractivity contribution is 0.464. The van der Waals surface area contributed by atoms with Crippen LogP contribution in [0.3, 0.4) is 0 Å². The summed E-state index contributed by atoms with van der Waals surface area (Å²) in [6.45, 7) is 2.07. The van der Waals surface area contributed by atoms with Gasteiger partial charge in [-0.05, 0) is 43.3 Å². The number of aryl methyl sites for hydroxylation is 1. The molecule has 0 aliphatic carbocycles. The van der Waals surface area contributed by atoms with Gasteiger partial charge in [0.25, 0.3) is 0 Å². The number of fused-ring (bicyclic) bond motifs is 1. The Labute approximate surface area is 225 Å². The molecule has 9 nitrogen and oxygen atoms in total. The van der Waals surface area contributed by atoms with Crippen molar-refractivity contribution in [1.82, 2.24) is 30.1 Å². The number of nitrogens with one attached hydrogen (secondary N) is 2. The summed E-state index contributed by atoms with van der Waals surface area (Å²) in [6, 6.07) is 27.7. The van der Waals surface area contributed by atoms with E-state index < -0.39 is 0 Å². The average Bonchev–Trinajstić information content (AvgIpc) is 2.99. The molecule has 0 saturated heterocycles. The van der Waals surface area contributed by atoms with Gasteiger partial charge < -0.3 is 15.4 Å². The van der Waals surface area contributed by atoms with E-state index in [0.717, 1.165) is 27.7 Å². The average molecular weight is 513 g/mol. The topological polar surface area (TPSA) is 111 Å². The standard InChI is InChI=1S/C30H24N8O/c1-19-9-11-20(12-10-19)26-23-6-3-4-7-24(23)28(38-37-26)35-21-13-15-22(16-14-21)39-29-25(8-5-17-32-29)27-33-18-34-30(31-2)36-27/h3-18H,1-2H3,(H,35,38)(H,31,33,34,36). The number of pyridine rings is 1. The second-order valence-electron chi connectivity index (χ2n) is 8.80. The quantitative estimate of drug-likeness (QED) is 0.250. The first kappa shape index (κ1) is 23.9. The minimum absolute atomic E-state index is 0.398. The maximum absolute atomic E-state index is 6.10. The third-order valence-corrected chi connectivity index (χ3v) is 6.15. The summed E-state index contributed by atoms with van der Waals surface area (Å²) in [7, 11) is 1.75. The maximum atomic E-state index is 6.10. The molecule has 0 aliphatic rings. The largest absolute Gasteiger partial charge is 0.438 e. The van der Waals surface area contributed by atoms with Crippen molar-refractivity contribution in [3.05, 3.63) is 103 Å². The summed E-state index contributed by atoms with van der Waals surface area (Å²) in [4.78, 5) is 17.1. The molecule has 3 aromatic heterocycles. The van der Waals surface area contributed by atoms with Crippen LogP contribution in [0.25, 0.3) is 33.4 Å². The third kappa shape index (κ3) is 5.05. The smallest absolute Gasteiger partial charge is 0.230 e. The Morgan fingerprint density at radius 3 is 2.33 bits per heavy atom. The van der Waals surface area contributed by atoms with Crippen LogP contribution in [0.15, 0.2) is 97.5 Å². The van der Waals surface area contributed by atoms with E-state index in [1.807, 2.05) is 54.6 Å². The number of ether oxygens (including phenoxy) is 1. The number of rotatable bonds is 7. The van der Waals surface area contributed by atoms with E-state index in [2.05, 4.69) is 78.0 Å². The Kier molecular flexibility index (Phi) is 6.45. The molecular formula is C30H24N8O. The highest BCUT2D eigenvalue weighted by Gasteiger charge is 2.14. The van der Waals surface area contributed by atoms with E-state index in [4.69, 9.17) is 4.74 Å². The first-order chi connectivity index (χ1) is 19.2. The van der Waals surface area contributed by atoms with Gasteiger partial charge in [-0.3, -0.25) is 0 Å². The summed E-state index contributed by atoms with van der Waals surface area (Å²) < 4.78 is 6.10. The monoisotopic (exact) mass is 512 g/mol. The summed E-state index contributed by atoms with van der Waals surface area (Å²) in [6.07, 6.45) is 3.12. The van der Waals surface area contributed by atoms with Crippen LogP contribution in [0.1, 0.15) is 5.56 Å². The van der Waals surface area contributed by atoms with Gasteiger partial charge in [-0.1, -0.05) is 54.1 Å². The molecule has 2 N–H and O–H groups in total. The SMILES string of the molecule is CNc1ncnc(-c2cccnc2Oc2ccc(Nc3nnc(-c4ccc(C)cc4)c4ccccc34)cc2)n1.